The highest BCUT2D eigenvalue weighted by atomic mass is 32.2. The Kier molecular flexibility index (Phi) is 9.34. The van der Waals surface area contributed by atoms with Crippen LogP contribution in [0.25, 0.3) is 0 Å². The third-order valence-electron chi connectivity index (χ3n) is 4.42. The molecule has 2 aromatic carbocycles. The van der Waals surface area contributed by atoms with E-state index in [1.807, 2.05) is 35.9 Å². The molecule has 0 radical (unpaired) electrons. The number of esters is 1. The molecule has 0 fully saturated rings. The number of benzene rings is 2. The number of thioether (sulfide) groups is 1. The molecule has 0 aliphatic carbocycles. The van der Waals surface area contributed by atoms with E-state index in [0.717, 1.165) is 0 Å². The molecule has 0 aliphatic rings. The topological polar surface area (TPSA) is 93.7 Å². The Balaban J connectivity index is 1.53. The average Bonchev–Trinajstić information content (AvgIpc) is 3.37. The smallest absolute Gasteiger partial charge is 0.334 e. The van der Waals surface area contributed by atoms with Gasteiger partial charge in [-0.1, -0.05) is 24.3 Å². The first-order chi connectivity index (χ1) is 16.0. The second-order valence-electron chi connectivity index (χ2n) is 6.88. The van der Waals surface area contributed by atoms with Gasteiger partial charge in [-0.05, 0) is 66.3 Å². The summed E-state index contributed by atoms with van der Waals surface area (Å²) in [4.78, 5) is 37.7. The van der Waals surface area contributed by atoms with E-state index in [1.54, 1.807) is 54.2 Å². The molecule has 0 aliphatic heterocycles. The van der Waals surface area contributed by atoms with Crippen LogP contribution in [0.3, 0.4) is 0 Å². The van der Waals surface area contributed by atoms with Gasteiger partial charge < -0.3 is 20.1 Å². The zero-order valence-electron chi connectivity index (χ0n) is 18.0. The molecule has 172 valence electrons. The molecule has 0 saturated carbocycles. The van der Waals surface area contributed by atoms with Crippen LogP contribution in [0.1, 0.15) is 16.1 Å². The molecule has 2 amide bonds. The fourth-order valence-electron chi connectivity index (χ4n) is 2.78. The second kappa shape index (κ2) is 12.7. The highest BCUT2D eigenvalue weighted by Gasteiger charge is 2.23. The number of hydrogen-bond acceptors (Lipinski definition) is 7. The zero-order chi connectivity index (χ0) is 23.5. The lowest BCUT2D eigenvalue weighted by atomic mass is 10.2. The fraction of sp³-hybridized carbons (Fsp3) is 0.208. The molecule has 0 saturated heterocycles. The van der Waals surface area contributed by atoms with E-state index in [-0.39, 0.29) is 12.5 Å². The number of carbonyl (C=O) groups excluding carboxylic acids is 3. The van der Waals surface area contributed by atoms with Crippen molar-refractivity contribution in [3.8, 4) is 11.5 Å². The Morgan fingerprint density at radius 1 is 0.970 bits per heavy atom. The molecule has 33 heavy (non-hydrogen) atoms. The first kappa shape index (κ1) is 24.3. The van der Waals surface area contributed by atoms with Crippen molar-refractivity contribution in [2.24, 2.45) is 0 Å². The quantitative estimate of drug-likeness (QED) is 0.313. The minimum Gasteiger partial charge on any atom is -0.484 e. The molecule has 7 nitrogen and oxygen atoms in total. The highest BCUT2D eigenvalue weighted by Crippen LogP contribution is 2.19. The summed E-state index contributed by atoms with van der Waals surface area (Å²) in [6.45, 7) is -0.203. The van der Waals surface area contributed by atoms with Gasteiger partial charge in [-0.15, -0.1) is 11.3 Å². The van der Waals surface area contributed by atoms with Gasteiger partial charge in [0.15, 0.2) is 6.61 Å². The number of thiophene rings is 1. The summed E-state index contributed by atoms with van der Waals surface area (Å²) in [7, 11) is 0. The minimum absolute atomic E-state index is 0.202. The fourth-order valence-corrected chi connectivity index (χ4v) is 3.87. The van der Waals surface area contributed by atoms with E-state index < -0.39 is 17.9 Å². The van der Waals surface area contributed by atoms with Crippen LogP contribution in [0.15, 0.2) is 72.1 Å². The highest BCUT2D eigenvalue weighted by molar-refractivity contribution is 7.98. The first-order valence-corrected chi connectivity index (χ1v) is 12.5. The van der Waals surface area contributed by atoms with Crippen LogP contribution in [-0.4, -0.2) is 42.4 Å². The lowest BCUT2D eigenvalue weighted by Gasteiger charge is -2.17. The van der Waals surface area contributed by atoms with E-state index in [0.29, 0.717) is 34.2 Å². The summed E-state index contributed by atoms with van der Waals surface area (Å²) < 4.78 is 10.9. The van der Waals surface area contributed by atoms with E-state index in [9.17, 15) is 14.4 Å². The number of amides is 2. The van der Waals surface area contributed by atoms with Gasteiger partial charge in [0.25, 0.3) is 11.8 Å². The summed E-state index contributed by atoms with van der Waals surface area (Å²) in [6, 6.07) is 18.2. The molecule has 2 N–H and O–H groups in total. The number of para-hydroxylation sites is 1. The van der Waals surface area contributed by atoms with Gasteiger partial charge in [0.05, 0.1) is 4.88 Å². The average molecular weight is 485 g/mol. The van der Waals surface area contributed by atoms with Gasteiger partial charge >= 0.3 is 5.97 Å². The summed E-state index contributed by atoms with van der Waals surface area (Å²) in [5.41, 5.74) is 0.582. The summed E-state index contributed by atoms with van der Waals surface area (Å²) in [5, 5.41) is 7.30. The van der Waals surface area contributed by atoms with Crippen LogP contribution in [0.5, 0.6) is 11.5 Å². The molecule has 1 heterocycles. The lowest BCUT2D eigenvalue weighted by molar-refractivity contribution is -0.139. The molecular weight excluding hydrogens is 460 g/mol. The Morgan fingerprint density at radius 3 is 2.39 bits per heavy atom. The molecule has 3 rings (SSSR count). The summed E-state index contributed by atoms with van der Waals surface area (Å²) >= 11 is 2.92. The third-order valence-corrected chi connectivity index (χ3v) is 5.93. The zero-order valence-corrected chi connectivity index (χ0v) is 19.6. The number of anilines is 1. The van der Waals surface area contributed by atoms with Gasteiger partial charge in [0, 0.05) is 5.69 Å². The number of nitrogens with one attached hydrogen (secondary N) is 2. The van der Waals surface area contributed by atoms with Gasteiger partial charge in [-0.25, -0.2) is 4.79 Å². The normalized spacial score (nSPS) is 11.3. The standard InChI is InChI=1S/C24H24N2O5S2/c1-32-15-13-20(26-22(27)16-30-18-6-3-2-4-7-18)24(29)31-19-11-9-17(10-12-19)25-23(28)21-8-5-14-33-21/h2-12,14,20H,13,15-16H2,1H3,(H,25,28)(H,26,27). The Labute approximate surface area is 200 Å². The predicted molar refractivity (Wildman–Crippen MR) is 131 cm³/mol. The van der Waals surface area contributed by atoms with Gasteiger partial charge in [0.1, 0.15) is 17.5 Å². The molecular formula is C24H24N2O5S2. The van der Waals surface area contributed by atoms with Crippen molar-refractivity contribution in [3.63, 3.8) is 0 Å². The molecule has 9 heteroatoms. The maximum atomic E-state index is 12.7. The molecule has 3 aromatic rings. The molecule has 1 atom stereocenters. The Morgan fingerprint density at radius 2 is 1.73 bits per heavy atom. The summed E-state index contributed by atoms with van der Waals surface area (Å²) in [6.07, 6.45) is 2.35. The van der Waals surface area contributed by atoms with Crippen molar-refractivity contribution in [3.05, 3.63) is 77.0 Å². The maximum absolute atomic E-state index is 12.7. The van der Waals surface area contributed by atoms with Crippen molar-refractivity contribution in [2.45, 2.75) is 12.5 Å². The van der Waals surface area contributed by atoms with Crippen LogP contribution < -0.4 is 20.1 Å². The first-order valence-electron chi connectivity index (χ1n) is 10.2. The van der Waals surface area contributed by atoms with Crippen LogP contribution in [-0.2, 0) is 9.59 Å². The largest absolute Gasteiger partial charge is 0.484 e. The molecule has 0 bridgehead atoms. The number of carbonyl (C=O) groups is 3. The number of ether oxygens (including phenoxy) is 2. The van der Waals surface area contributed by atoms with Crippen molar-refractivity contribution in [1.29, 1.82) is 0 Å². The van der Waals surface area contributed by atoms with Crippen molar-refractivity contribution >= 4 is 46.6 Å². The summed E-state index contributed by atoms with van der Waals surface area (Å²) in [5.74, 6) is 0.390. The van der Waals surface area contributed by atoms with Crippen LogP contribution in [0, 0.1) is 0 Å². The third kappa shape index (κ3) is 7.96. The van der Waals surface area contributed by atoms with E-state index in [2.05, 4.69) is 10.6 Å². The van der Waals surface area contributed by atoms with Gasteiger partial charge in [-0.2, -0.15) is 11.8 Å². The maximum Gasteiger partial charge on any atom is 0.334 e. The molecule has 0 spiro atoms. The Bertz CT molecular complexity index is 1040. The van der Waals surface area contributed by atoms with Crippen LogP contribution in [0.2, 0.25) is 0 Å². The van der Waals surface area contributed by atoms with E-state index in [4.69, 9.17) is 9.47 Å². The van der Waals surface area contributed by atoms with Crippen molar-refractivity contribution in [1.82, 2.24) is 5.32 Å². The second-order valence-corrected chi connectivity index (χ2v) is 8.81. The molecule has 1 unspecified atom stereocenters. The van der Waals surface area contributed by atoms with E-state index >= 15 is 0 Å². The minimum atomic E-state index is -0.803. The number of rotatable bonds is 11. The van der Waals surface area contributed by atoms with E-state index in [1.165, 1.54) is 11.3 Å². The lowest BCUT2D eigenvalue weighted by Crippen LogP contribution is -2.45. The van der Waals surface area contributed by atoms with Crippen LogP contribution in [0.4, 0.5) is 5.69 Å². The SMILES string of the molecule is CSCCC(NC(=O)COc1ccccc1)C(=O)Oc1ccc(NC(=O)c2cccs2)cc1. The Hall–Kier alpha value is -3.30. The van der Waals surface area contributed by atoms with Crippen LogP contribution >= 0.6 is 23.1 Å². The van der Waals surface area contributed by atoms with Gasteiger partial charge in [-0.3, -0.25) is 9.59 Å². The predicted octanol–water partition coefficient (Wildman–Crippen LogP) is 4.22. The van der Waals surface area contributed by atoms with Gasteiger partial charge in [0.2, 0.25) is 0 Å². The van der Waals surface area contributed by atoms with Crippen molar-refractivity contribution in [2.75, 3.05) is 23.9 Å². The molecule has 1 aromatic heterocycles. The monoisotopic (exact) mass is 484 g/mol. The van der Waals surface area contributed by atoms with Crippen molar-refractivity contribution < 1.29 is 23.9 Å². The number of hydrogen-bond donors (Lipinski definition) is 2.